The Kier molecular flexibility index (Phi) is 6.76. The summed E-state index contributed by atoms with van der Waals surface area (Å²) >= 11 is 0. The molecule has 4 amide bonds. The van der Waals surface area contributed by atoms with E-state index in [2.05, 4.69) is 5.32 Å². The summed E-state index contributed by atoms with van der Waals surface area (Å²) in [7, 11) is 1.55. The molecule has 174 valence electrons. The number of amides is 4. The molecule has 2 aromatic carbocycles. The van der Waals surface area contributed by atoms with Gasteiger partial charge in [-0.1, -0.05) is 24.3 Å². The Hall–Kier alpha value is -3.62. The predicted molar refractivity (Wildman–Crippen MR) is 120 cm³/mol. The molecule has 0 unspecified atom stereocenters. The van der Waals surface area contributed by atoms with Gasteiger partial charge < -0.3 is 24.8 Å². The standard InChI is InChI=1S/C24H27FN4O4/c1-33-21-5-3-2-4-20(21)26-24(32)27-12-10-19(11-13-27)29-15-14-28(22(30)23(29)31)16-17-6-8-18(25)9-7-17/h2-9,19H,10-16H2,1H3,(H,26,32). The molecule has 2 heterocycles. The molecule has 2 saturated heterocycles. The summed E-state index contributed by atoms with van der Waals surface area (Å²) in [6.07, 6.45) is 1.21. The summed E-state index contributed by atoms with van der Waals surface area (Å²) < 4.78 is 18.4. The number of piperidine rings is 1. The fraction of sp³-hybridized carbons (Fsp3) is 0.375. The van der Waals surface area contributed by atoms with E-state index in [1.54, 1.807) is 41.2 Å². The highest BCUT2D eigenvalue weighted by Gasteiger charge is 2.38. The third-order valence-electron chi connectivity index (χ3n) is 6.17. The van der Waals surface area contributed by atoms with Crippen molar-refractivity contribution in [3.63, 3.8) is 0 Å². The van der Waals surface area contributed by atoms with Gasteiger partial charge >= 0.3 is 17.8 Å². The topological polar surface area (TPSA) is 82.2 Å². The van der Waals surface area contributed by atoms with Crippen LogP contribution in [-0.2, 0) is 16.1 Å². The van der Waals surface area contributed by atoms with Crippen LogP contribution >= 0.6 is 0 Å². The molecule has 2 fully saturated rings. The van der Waals surface area contributed by atoms with Crippen LogP contribution in [0.3, 0.4) is 0 Å². The Bertz CT molecular complexity index is 1020. The van der Waals surface area contributed by atoms with Crippen molar-refractivity contribution in [2.75, 3.05) is 38.6 Å². The maximum Gasteiger partial charge on any atom is 0.321 e. The zero-order valence-corrected chi connectivity index (χ0v) is 18.5. The predicted octanol–water partition coefficient (Wildman–Crippen LogP) is 2.70. The summed E-state index contributed by atoms with van der Waals surface area (Å²) in [5, 5.41) is 2.87. The lowest BCUT2D eigenvalue weighted by Gasteiger charge is -2.42. The zero-order valence-electron chi connectivity index (χ0n) is 18.5. The van der Waals surface area contributed by atoms with Crippen LogP contribution in [0.15, 0.2) is 48.5 Å². The van der Waals surface area contributed by atoms with E-state index < -0.39 is 11.8 Å². The first kappa shape index (κ1) is 22.6. The number of para-hydroxylation sites is 2. The number of nitrogens with zero attached hydrogens (tertiary/aromatic N) is 3. The Morgan fingerprint density at radius 3 is 2.39 bits per heavy atom. The second-order valence-corrected chi connectivity index (χ2v) is 8.20. The number of nitrogens with one attached hydrogen (secondary N) is 1. The molecular formula is C24H27FN4O4. The van der Waals surface area contributed by atoms with Crippen molar-refractivity contribution >= 4 is 23.5 Å². The number of methoxy groups -OCH3 is 1. The first-order valence-electron chi connectivity index (χ1n) is 11.0. The van der Waals surface area contributed by atoms with Crippen LogP contribution < -0.4 is 10.1 Å². The Balaban J connectivity index is 1.30. The number of hydrogen-bond acceptors (Lipinski definition) is 4. The maximum atomic E-state index is 13.1. The van der Waals surface area contributed by atoms with E-state index in [9.17, 15) is 18.8 Å². The molecule has 0 spiro atoms. The van der Waals surface area contributed by atoms with Crippen molar-refractivity contribution in [1.82, 2.24) is 14.7 Å². The van der Waals surface area contributed by atoms with Crippen LogP contribution in [0.4, 0.5) is 14.9 Å². The van der Waals surface area contributed by atoms with E-state index in [0.29, 0.717) is 50.5 Å². The number of carbonyl (C=O) groups excluding carboxylic acids is 3. The Morgan fingerprint density at radius 2 is 1.70 bits per heavy atom. The molecule has 33 heavy (non-hydrogen) atoms. The molecule has 2 aliphatic heterocycles. The van der Waals surface area contributed by atoms with Crippen molar-refractivity contribution in [3.05, 3.63) is 59.9 Å². The number of carbonyl (C=O) groups is 3. The summed E-state index contributed by atoms with van der Waals surface area (Å²) in [5.41, 5.74) is 1.38. The van der Waals surface area contributed by atoms with E-state index in [0.717, 1.165) is 5.56 Å². The second kappa shape index (κ2) is 9.89. The van der Waals surface area contributed by atoms with E-state index in [1.807, 2.05) is 12.1 Å². The van der Waals surface area contributed by atoms with Crippen LogP contribution in [0.5, 0.6) is 5.75 Å². The molecule has 9 heteroatoms. The number of benzene rings is 2. The van der Waals surface area contributed by atoms with Gasteiger partial charge in [-0.2, -0.15) is 0 Å². The number of ether oxygens (including phenoxy) is 1. The van der Waals surface area contributed by atoms with Gasteiger partial charge in [0.25, 0.3) is 0 Å². The maximum absolute atomic E-state index is 13.1. The van der Waals surface area contributed by atoms with Gasteiger partial charge in [-0.05, 0) is 42.7 Å². The van der Waals surface area contributed by atoms with Crippen molar-refractivity contribution in [2.24, 2.45) is 0 Å². The van der Waals surface area contributed by atoms with E-state index in [1.165, 1.54) is 17.0 Å². The van der Waals surface area contributed by atoms with Gasteiger partial charge in [0.05, 0.1) is 12.8 Å². The van der Waals surface area contributed by atoms with Crippen LogP contribution in [0.2, 0.25) is 0 Å². The summed E-state index contributed by atoms with van der Waals surface area (Å²) in [5.74, 6) is -0.806. The lowest BCUT2D eigenvalue weighted by molar-refractivity contribution is -0.158. The minimum absolute atomic E-state index is 0.0790. The van der Waals surface area contributed by atoms with Gasteiger partial charge in [0.2, 0.25) is 0 Å². The largest absolute Gasteiger partial charge is 0.495 e. The Morgan fingerprint density at radius 1 is 1.00 bits per heavy atom. The minimum atomic E-state index is -0.540. The average Bonchev–Trinajstić information content (AvgIpc) is 2.84. The molecule has 2 aromatic rings. The zero-order chi connectivity index (χ0) is 23.4. The van der Waals surface area contributed by atoms with Crippen LogP contribution in [0.1, 0.15) is 18.4 Å². The summed E-state index contributed by atoms with van der Waals surface area (Å²) in [4.78, 5) is 42.9. The van der Waals surface area contributed by atoms with Crippen LogP contribution in [0.25, 0.3) is 0 Å². The van der Waals surface area contributed by atoms with Crippen LogP contribution in [-0.4, -0.2) is 71.9 Å². The van der Waals surface area contributed by atoms with Gasteiger partial charge in [0, 0.05) is 38.8 Å². The highest BCUT2D eigenvalue weighted by molar-refractivity contribution is 6.35. The van der Waals surface area contributed by atoms with Crippen molar-refractivity contribution < 1.29 is 23.5 Å². The lowest BCUT2D eigenvalue weighted by atomic mass is 10.0. The second-order valence-electron chi connectivity index (χ2n) is 8.20. The van der Waals surface area contributed by atoms with Gasteiger partial charge in [0.1, 0.15) is 11.6 Å². The van der Waals surface area contributed by atoms with E-state index in [4.69, 9.17) is 4.74 Å². The smallest absolute Gasteiger partial charge is 0.321 e. The molecule has 0 bridgehead atoms. The fourth-order valence-corrected chi connectivity index (χ4v) is 4.32. The molecule has 4 rings (SSSR count). The molecule has 0 aliphatic carbocycles. The van der Waals surface area contributed by atoms with Crippen LogP contribution in [0, 0.1) is 5.82 Å². The number of urea groups is 1. The van der Waals surface area contributed by atoms with Gasteiger partial charge in [0.15, 0.2) is 0 Å². The first-order valence-corrected chi connectivity index (χ1v) is 11.0. The molecule has 0 radical (unpaired) electrons. The molecule has 0 atom stereocenters. The molecule has 2 aliphatic rings. The van der Waals surface area contributed by atoms with E-state index >= 15 is 0 Å². The normalized spacial score (nSPS) is 17.3. The minimum Gasteiger partial charge on any atom is -0.495 e. The SMILES string of the molecule is COc1ccccc1NC(=O)N1CCC(N2CCN(Cc3ccc(F)cc3)C(=O)C2=O)CC1. The van der Waals surface area contributed by atoms with Crippen molar-refractivity contribution in [3.8, 4) is 5.75 Å². The number of hydrogen-bond donors (Lipinski definition) is 1. The lowest BCUT2D eigenvalue weighted by Crippen LogP contribution is -2.59. The molecule has 0 saturated carbocycles. The first-order chi connectivity index (χ1) is 16.0. The quantitative estimate of drug-likeness (QED) is 0.705. The summed E-state index contributed by atoms with van der Waals surface area (Å²) in [6.45, 7) is 2.13. The van der Waals surface area contributed by atoms with Gasteiger partial charge in [-0.3, -0.25) is 9.59 Å². The fourth-order valence-electron chi connectivity index (χ4n) is 4.32. The number of likely N-dealkylation sites (tertiary alicyclic amines) is 1. The van der Waals surface area contributed by atoms with E-state index in [-0.39, 0.29) is 24.4 Å². The third-order valence-corrected chi connectivity index (χ3v) is 6.17. The van der Waals surface area contributed by atoms with Crippen molar-refractivity contribution in [1.29, 1.82) is 0 Å². The average molecular weight is 455 g/mol. The number of piperazine rings is 1. The molecular weight excluding hydrogens is 427 g/mol. The monoisotopic (exact) mass is 454 g/mol. The summed E-state index contributed by atoms with van der Waals surface area (Å²) in [6, 6.07) is 12.8. The highest BCUT2D eigenvalue weighted by Crippen LogP contribution is 2.25. The highest BCUT2D eigenvalue weighted by atomic mass is 19.1. The number of anilines is 1. The van der Waals surface area contributed by atoms with Crippen molar-refractivity contribution in [2.45, 2.75) is 25.4 Å². The molecule has 8 nitrogen and oxygen atoms in total. The van der Waals surface area contributed by atoms with Gasteiger partial charge in [-0.15, -0.1) is 0 Å². The number of rotatable bonds is 5. The Labute approximate surface area is 191 Å². The molecule has 1 N–H and O–H groups in total. The number of halogens is 1. The third kappa shape index (κ3) is 5.08. The van der Waals surface area contributed by atoms with Gasteiger partial charge in [-0.25, -0.2) is 9.18 Å². The molecule has 0 aromatic heterocycles.